The lowest BCUT2D eigenvalue weighted by atomic mass is 10.2. The average molecular weight is 306 g/mol. The minimum Gasteiger partial charge on any atom is -0.377 e. The topological polar surface area (TPSA) is 49.9 Å². The number of amides is 2. The van der Waals surface area contributed by atoms with Crippen molar-refractivity contribution in [3.05, 3.63) is 24.3 Å². The van der Waals surface area contributed by atoms with Crippen molar-refractivity contribution < 1.29 is 14.3 Å². The molecule has 2 amide bonds. The van der Waals surface area contributed by atoms with Gasteiger partial charge in [0.1, 0.15) is 6.54 Å². The molecule has 1 aromatic carbocycles. The maximum Gasteiger partial charge on any atom is 0.243 e. The van der Waals surface area contributed by atoms with Gasteiger partial charge in [0, 0.05) is 11.4 Å². The zero-order chi connectivity index (χ0) is 14.8. The Bertz CT molecular complexity index is 564. The van der Waals surface area contributed by atoms with Gasteiger partial charge in [-0.05, 0) is 19.1 Å². The summed E-state index contributed by atoms with van der Waals surface area (Å²) in [5.74, 6) is 0.372. The summed E-state index contributed by atoms with van der Waals surface area (Å²) in [5.41, 5.74) is 0.841. The van der Waals surface area contributed by atoms with E-state index in [1.165, 1.54) is 11.8 Å². The molecule has 0 unspecified atom stereocenters. The first-order valence-corrected chi connectivity index (χ1v) is 8.05. The Hall–Kier alpha value is -1.53. The predicted octanol–water partition coefficient (Wildman–Crippen LogP) is 1.37. The largest absolute Gasteiger partial charge is 0.377 e. The fourth-order valence-electron chi connectivity index (χ4n) is 2.65. The van der Waals surface area contributed by atoms with Gasteiger partial charge in [0.2, 0.25) is 11.8 Å². The normalized spacial score (nSPS) is 22.1. The number of carbonyl (C=O) groups is 2. The number of nitrogens with zero attached hydrogens (tertiary/aromatic N) is 2. The number of thioether (sulfide) groups is 1. The van der Waals surface area contributed by atoms with Crippen LogP contribution in [0.5, 0.6) is 0 Å². The molecule has 1 saturated heterocycles. The fourth-order valence-corrected chi connectivity index (χ4v) is 3.59. The van der Waals surface area contributed by atoms with E-state index in [1.54, 1.807) is 9.80 Å². The van der Waals surface area contributed by atoms with Crippen LogP contribution in [-0.4, -0.2) is 54.8 Å². The molecule has 0 spiro atoms. The van der Waals surface area contributed by atoms with E-state index in [0.29, 0.717) is 25.5 Å². The Morgan fingerprint density at radius 2 is 2.24 bits per heavy atom. The minimum atomic E-state index is -0.0131. The highest BCUT2D eigenvalue weighted by atomic mass is 32.2. The van der Waals surface area contributed by atoms with E-state index in [-0.39, 0.29) is 24.4 Å². The van der Waals surface area contributed by atoms with Gasteiger partial charge in [-0.3, -0.25) is 9.59 Å². The fraction of sp³-hybridized carbons (Fsp3) is 0.467. The van der Waals surface area contributed by atoms with Crippen molar-refractivity contribution in [3.8, 4) is 0 Å². The summed E-state index contributed by atoms with van der Waals surface area (Å²) in [6, 6.07) is 7.80. The molecule has 2 aliphatic rings. The van der Waals surface area contributed by atoms with Gasteiger partial charge in [0.15, 0.2) is 0 Å². The minimum absolute atomic E-state index is 0.00652. The molecule has 5 nitrogen and oxygen atoms in total. The second kappa shape index (κ2) is 6.07. The highest BCUT2D eigenvalue weighted by molar-refractivity contribution is 8.00. The molecule has 0 saturated carbocycles. The summed E-state index contributed by atoms with van der Waals surface area (Å²) >= 11 is 1.53. The molecule has 0 radical (unpaired) electrons. The smallest absolute Gasteiger partial charge is 0.243 e. The first-order valence-electron chi connectivity index (χ1n) is 7.06. The highest BCUT2D eigenvalue weighted by Gasteiger charge is 2.30. The molecule has 2 aliphatic heterocycles. The molecule has 112 valence electrons. The lowest BCUT2D eigenvalue weighted by molar-refractivity contribution is -0.138. The number of hydrogen-bond acceptors (Lipinski definition) is 4. The van der Waals surface area contributed by atoms with Crippen LogP contribution >= 0.6 is 11.8 Å². The first-order chi connectivity index (χ1) is 10.2. The second-order valence-corrected chi connectivity index (χ2v) is 6.26. The standard InChI is InChI=1S/C15H18N2O3S/c1-11-9-20-7-6-16(11)14(18)8-17-12-4-2-3-5-13(12)21-10-15(17)19/h2-5,11H,6-10H2,1H3/t11-/m1/s1. The van der Waals surface area contributed by atoms with E-state index >= 15 is 0 Å². The molecule has 0 bridgehead atoms. The van der Waals surface area contributed by atoms with Crippen LogP contribution in [0.2, 0.25) is 0 Å². The predicted molar refractivity (Wildman–Crippen MR) is 81.5 cm³/mol. The lowest BCUT2D eigenvalue weighted by Crippen LogP contribution is -2.52. The number of fused-ring (bicyclic) bond motifs is 1. The third kappa shape index (κ3) is 2.91. The van der Waals surface area contributed by atoms with Crippen LogP contribution in [0.15, 0.2) is 29.2 Å². The Labute approximate surface area is 128 Å². The van der Waals surface area contributed by atoms with Crippen LogP contribution in [0, 0.1) is 0 Å². The highest BCUT2D eigenvalue weighted by Crippen LogP contribution is 2.34. The van der Waals surface area contributed by atoms with Crippen molar-refractivity contribution in [2.45, 2.75) is 17.9 Å². The summed E-state index contributed by atoms with van der Waals surface area (Å²) in [6.07, 6.45) is 0. The Kier molecular flexibility index (Phi) is 4.17. The zero-order valence-electron chi connectivity index (χ0n) is 11.9. The van der Waals surface area contributed by atoms with Crippen LogP contribution in [0.1, 0.15) is 6.92 Å². The van der Waals surface area contributed by atoms with E-state index in [4.69, 9.17) is 4.74 Å². The summed E-state index contributed by atoms with van der Waals surface area (Å²) in [6.45, 7) is 3.81. The molecule has 2 heterocycles. The molecule has 1 aromatic rings. The van der Waals surface area contributed by atoms with Gasteiger partial charge in [-0.15, -0.1) is 11.8 Å². The number of hydrogen-bond donors (Lipinski definition) is 0. The van der Waals surface area contributed by atoms with Gasteiger partial charge < -0.3 is 14.5 Å². The van der Waals surface area contributed by atoms with E-state index in [9.17, 15) is 9.59 Å². The van der Waals surface area contributed by atoms with Crippen LogP contribution in [0.4, 0.5) is 5.69 Å². The average Bonchev–Trinajstić information content (AvgIpc) is 2.50. The van der Waals surface area contributed by atoms with Gasteiger partial charge in [-0.2, -0.15) is 0 Å². The van der Waals surface area contributed by atoms with E-state index in [1.807, 2.05) is 31.2 Å². The number of morpholine rings is 1. The number of anilines is 1. The Balaban J connectivity index is 1.77. The Morgan fingerprint density at radius 1 is 1.43 bits per heavy atom. The molecule has 1 atom stereocenters. The molecule has 1 fully saturated rings. The van der Waals surface area contributed by atoms with Gasteiger partial charge in [-0.1, -0.05) is 12.1 Å². The molecule has 0 aromatic heterocycles. The first kappa shape index (κ1) is 14.4. The summed E-state index contributed by atoms with van der Waals surface area (Å²) < 4.78 is 5.35. The number of para-hydroxylation sites is 1. The Morgan fingerprint density at radius 3 is 3.05 bits per heavy atom. The number of rotatable bonds is 2. The molecule has 3 rings (SSSR count). The molecular formula is C15H18N2O3S. The van der Waals surface area contributed by atoms with E-state index < -0.39 is 0 Å². The van der Waals surface area contributed by atoms with Crippen molar-refractivity contribution in [3.63, 3.8) is 0 Å². The summed E-state index contributed by atoms with van der Waals surface area (Å²) in [5, 5.41) is 0. The van der Waals surface area contributed by atoms with Gasteiger partial charge in [0.25, 0.3) is 0 Å². The van der Waals surface area contributed by atoms with Gasteiger partial charge >= 0.3 is 0 Å². The van der Waals surface area contributed by atoms with Crippen LogP contribution in [0.25, 0.3) is 0 Å². The maximum atomic E-state index is 12.5. The number of benzene rings is 1. The second-order valence-electron chi connectivity index (χ2n) is 5.25. The molecule has 6 heteroatoms. The van der Waals surface area contributed by atoms with Crippen molar-refractivity contribution >= 4 is 29.3 Å². The molecule has 0 N–H and O–H groups in total. The summed E-state index contributed by atoms with van der Waals surface area (Å²) in [7, 11) is 0. The third-order valence-electron chi connectivity index (χ3n) is 3.79. The molecule has 21 heavy (non-hydrogen) atoms. The van der Waals surface area contributed by atoms with Gasteiger partial charge in [-0.25, -0.2) is 0 Å². The van der Waals surface area contributed by atoms with Crippen molar-refractivity contribution in [1.82, 2.24) is 4.90 Å². The third-order valence-corrected chi connectivity index (χ3v) is 4.84. The maximum absolute atomic E-state index is 12.5. The zero-order valence-corrected chi connectivity index (χ0v) is 12.8. The molecular weight excluding hydrogens is 288 g/mol. The van der Waals surface area contributed by atoms with Crippen LogP contribution in [0.3, 0.4) is 0 Å². The SMILES string of the molecule is C[C@@H]1COCCN1C(=O)CN1C(=O)CSc2ccccc21. The van der Waals surface area contributed by atoms with Crippen LogP contribution < -0.4 is 4.90 Å². The monoisotopic (exact) mass is 306 g/mol. The summed E-state index contributed by atoms with van der Waals surface area (Å²) in [4.78, 5) is 29.1. The molecule has 0 aliphatic carbocycles. The number of carbonyl (C=O) groups excluding carboxylic acids is 2. The van der Waals surface area contributed by atoms with Crippen molar-refractivity contribution in [2.24, 2.45) is 0 Å². The van der Waals surface area contributed by atoms with E-state index in [2.05, 4.69) is 0 Å². The van der Waals surface area contributed by atoms with E-state index in [0.717, 1.165) is 10.6 Å². The van der Waals surface area contributed by atoms with Crippen molar-refractivity contribution in [1.29, 1.82) is 0 Å². The lowest BCUT2D eigenvalue weighted by Gasteiger charge is -2.36. The quantitative estimate of drug-likeness (QED) is 0.828. The number of ether oxygens (including phenoxy) is 1. The van der Waals surface area contributed by atoms with Crippen molar-refractivity contribution in [2.75, 3.05) is 37.0 Å². The van der Waals surface area contributed by atoms with Crippen LogP contribution in [-0.2, 0) is 14.3 Å². The van der Waals surface area contributed by atoms with Gasteiger partial charge in [0.05, 0.1) is 30.7 Å².